The number of rotatable bonds is 5. The summed E-state index contributed by atoms with van der Waals surface area (Å²) >= 11 is 0. The summed E-state index contributed by atoms with van der Waals surface area (Å²) in [5, 5.41) is 11.7. The summed E-state index contributed by atoms with van der Waals surface area (Å²) in [6.45, 7) is 9.67. The summed E-state index contributed by atoms with van der Waals surface area (Å²) in [5.41, 5.74) is 1.75. The monoisotopic (exact) mass is 418 g/mol. The highest BCUT2D eigenvalue weighted by molar-refractivity contribution is 5.92. The molecule has 7 nitrogen and oxygen atoms in total. The van der Waals surface area contributed by atoms with Crippen molar-refractivity contribution in [2.45, 2.75) is 31.7 Å². The molecule has 1 unspecified atom stereocenters. The molecule has 29 heavy (non-hydrogen) atoms. The first-order chi connectivity index (χ1) is 13.6. The highest BCUT2D eigenvalue weighted by Crippen LogP contribution is 2.33. The largest absolute Gasteiger partial charge is 0.336 e. The standard InChI is InChI=1S/C21H30N6O.ClH/c1-21(18-6-3-2-4-7-18)8-5-11-26(17-21)20(28)19-16-27(24-23-19)15-14-25-12-9-22-10-13-25;/h2-4,6-7,16,22H,5,8-15,17H2,1H3;1H. The fourth-order valence-electron chi connectivity index (χ4n) is 4.34. The highest BCUT2D eigenvalue weighted by atomic mass is 35.5. The fourth-order valence-corrected chi connectivity index (χ4v) is 4.34. The lowest BCUT2D eigenvalue weighted by atomic mass is 9.76. The third-order valence-electron chi connectivity index (χ3n) is 6.07. The Hall–Kier alpha value is -1.96. The Morgan fingerprint density at radius 3 is 2.66 bits per heavy atom. The van der Waals surface area contributed by atoms with Crippen molar-refractivity contribution in [3.63, 3.8) is 0 Å². The molecule has 158 valence electrons. The van der Waals surface area contributed by atoms with Crippen LogP contribution in [-0.4, -0.2) is 76.5 Å². The van der Waals surface area contributed by atoms with Crippen LogP contribution in [0.2, 0.25) is 0 Å². The van der Waals surface area contributed by atoms with Gasteiger partial charge < -0.3 is 10.2 Å². The van der Waals surface area contributed by atoms with Crippen molar-refractivity contribution in [2.75, 3.05) is 45.8 Å². The van der Waals surface area contributed by atoms with Gasteiger partial charge in [0.1, 0.15) is 0 Å². The van der Waals surface area contributed by atoms with Crippen LogP contribution in [0.15, 0.2) is 36.5 Å². The van der Waals surface area contributed by atoms with Gasteiger partial charge in [-0.15, -0.1) is 17.5 Å². The highest BCUT2D eigenvalue weighted by Gasteiger charge is 2.35. The van der Waals surface area contributed by atoms with E-state index < -0.39 is 0 Å². The van der Waals surface area contributed by atoms with Gasteiger partial charge in [-0.25, -0.2) is 0 Å². The summed E-state index contributed by atoms with van der Waals surface area (Å²) in [6.07, 6.45) is 3.91. The summed E-state index contributed by atoms with van der Waals surface area (Å²) in [7, 11) is 0. The third-order valence-corrected chi connectivity index (χ3v) is 6.07. The number of carbonyl (C=O) groups is 1. The molecule has 0 spiro atoms. The maximum absolute atomic E-state index is 13.0. The molecule has 2 aliphatic heterocycles. The molecular formula is C21H31ClN6O. The van der Waals surface area contributed by atoms with Crippen LogP contribution in [0, 0.1) is 0 Å². The van der Waals surface area contributed by atoms with Gasteiger partial charge in [0, 0.05) is 51.2 Å². The van der Waals surface area contributed by atoms with Crippen molar-refractivity contribution < 1.29 is 4.79 Å². The van der Waals surface area contributed by atoms with Gasteiger partial charge in [0.2, 0.25) is 0 Å². The number of aromatic nitrogens is 3. The average molecular weight is 419 g/mol. The van der Waals surface area contributed by atoms with E-state index >= 15 is 0 Å². The van der Waals surface area contributed by atoms with Gasteiger partial charge in [-0.2, -0.15) is 0 Å². The first kappa shape index (κ1) is 21.7. The number of hydrogen-bond acceptors (Lipinski definition) is 5. The average Bonchev–Trinajstić information content (AvgIpc) is 3.22. The van der Waals surface area contributed by atoms with E-state index in [0.717, 1.165) is 65.2 Å². The molecule has 0 bridgehead atoms. The molecule has 1 amide bonds. The maximum Gasteiger partial charge on any atom is 0.276 e. The Kier molecular flexibility index (Phi) is 7.27. The second-order valence-corrected chi connectivity index (χ2v) is 8.22. The molecule has 0 aliphatic carbocycles. The molecule has 2 saturated heterocycles. The number of hydrogen-bond donors (Lipinski definition) is 1. The van der Waals surface area contributed by atoms with Crippen LogP contribution in [0.1, 0.15) is 35.8 Å². The van der Waals surface area contributed by atoms with Crippen LogP contribution < -0.4 is 5.32 Å². The number of nitrogens with zero attached hydrogens (tertiary/aromatic N) is 5. The summed E-state index contributed by atoms with van der Waals surface area (Å²) in [4.78, 5) is 17.4. The molecule has 1 aromatic carbocycles. The number of halogens is 1. The Morgan fingerprint density at radius 2 is 1.90 bits per heavy atom. The lowest BCUT2D eigenvalue weighted by Gasteiger charge is -2.40. The molecule has 1 atom stereocenters. The molecule has 0 radical (unpaired) electrons. The molecule has 4 rings (SSSR count). The van der Waals surface area contributed by atoms with Crippen LogP contribution in [-0.2, 0) is 12.0 Å². The summed E-state index contributed by atoms with van der Waals surface area (Å²) in [6, 6.07) is 10.5. The molecule has 2 aliphatic rings. The second kappa shape index (κ2) is 9.69. The number of likely N-dealkylation sites (tertiary alicyclic amines) is 1. The van der Waals surface area contributed by atoms with E-state index in [0.29, 0.717) is 5.69 Å². The molecule has 8 heteroatoms. The smallest absolute Gasteiger partial charge is 0.276 e. The van der Waals surface area contributed by atoms with Gasteiger partial charge >= 0.3 is 0 Å². The zero-order valence-corrected chi connectivity index (χ0v) is 17.9. The minimum absolute atomic E-state index is 0. The normalized spacial score (nSPS) is 22.9. The van der Waals surface area contributed by atoms with E-state index in [-0.39, 0.29) is 23.7 Å². The quantitative estimate of drug-likeness (QED) is 0.802. The number of piperazine rings is 1. The maximum atomic E-state index is 13.0. The molecular weight excluding hydrogens is 388 g/mol. The Labute approximate surface area is 178 Å². The van der Waals surface area contributed by atoms with E-state index in [1.54, 1.807) is 10.9 Å². The molecule has 3 heterocycles. The van der Waals surface area contributed by atoms with Crippen molar-refractivity contribution in [1.29, 1.82) is 0 Å². The topological polar surface area (TPSA) is 66.3 Å². The SMILES string of the molecule is CC1(c2ccccc2)CCCN(C(=O)c2cn(CCN3CCNCC3)nn2)C1.Cl. The van der Waals surface area contributed by atoms with E-state index in [4.69, 9.17) is 0 Å². The van der Waals surface area contributed by atoms with Crippen molar-refractivity contribution in [3.05, 3.63) is 47.8 Å². The van der Waals surface area contributed by atoms with Gasteiger partial charge in [0.05, 0.1) is 12.7 Å². The molecule has 2 fully saturated rings. The van der Waals surface area contributed by atoms with Gasteiger partial charge in [0.15, 0.2) is 5.69 Å². The van der Waals surface area contributed by atoms with Crippen LogP contribution in [0.4, 0.5) is 0 Å². The predicted molar refractivity (Wildman–Crippen MR) is 116 cm³/mol. The Bertz CT molecular complexity index is 791. The second-order valence-electron chi connectivity index (χ2n) is 8.22. The van der Waals surface area contributed by atoms with Gasteiger partial charge in [-0.1, -0.05) is 42.5 Å². The third kappa shape index (κ3) is 5.15. The minimum atomic E-state index is -0.00649. The van der Waals surface area contributed by atoms with Crippen LogP contribution in [0.25, 0.3) is 0 Å². The van der Waals surface area contributed by atoms with Gasteiger partial charge in [-0.05, 0) is 18.4 Å². The van der Waals surface area contributed by atoms with Crippen molar-refractivity contribution >= 4 is 18.3 Å². The van der Waals surface area contributed by atoms with Crippen LogP contribution >= 0.6 is 12.4 Å². The number of piperidine rings is 1. The fraction of sp³-hybridized carbons (Fsp3) is 0.571. The Balaban J connectivity index is 0.00000240. The Morgan fingerprint density at radius 1 is 1.14 bits per heavy atom. The van der Waals surface area contributed by atoms with Gasteiger partial charge in [-0.3, -0.25) is 14.4 Å². The number of carbonyl (C=O) groups excluding carboxylic acids is 1. The lowest BCUT2D eigenvalue weighted by molar-refractivity contribution is 0.0645. The van der Waals surface area contributed by atoms with E-state index in [1.165, 1.54) is 5.56 Å². The number of benzene rings is 1. The zero-order valence-electron chi connectivity index (χ0n) is 17.1. The first-order valence-electron chi connectivity index (χ1n) is 10.3. The molecule has 2 aromatic rings. The van der Waals surface area contributed by atoms with Crippen molar-refractivity contribution in [3.8, 4) is 0 Å². The van der Waals surface area contributed by atoms with Crippen LogP contribution in [0.5, 0.6) is 0 Å². The first-order valence-corrected chi connectivity index (χ1v) is 10.3. The number of amides is 1. The van der Waals surface area contributed by atoms with E-state index in [9.17, 15) is 4.79 Å². The predicted octanol–water partition coefficient (Wildman–Crippen LogP) is 1.80. The molecule has 1 N–H and O–H groups in total. The van der Waals surface area contributed by atoms with Crippen molar-refractivity contribution in [2.24, 2.45) is 0 Å². The van der Waals surface area contributed by atoms with Gasteiger partial charge in [0.25, 0.3) is 5.91 Å². The van der Waals surface area contributed by atoms with Crippen molar-refractivity contribution in [1.82, 2.24) is 30.1 Å². The lowest BCUT2D eigenvalue weighted by Crippen LogP contribution is -2.47. The minimum Gasteiger partial charge on any atom is -0.336 e. The summed E-state index contributed by atoms with van der Waals surface area (Å²) in [5.74, 6) is -0.00437. The van der Waals surface area contributed by atoms with E-state index in [2.05, 4.69) is 51.7 Å². The molecule has 0 saturated carbocycles. The van der Waals surface area contributed by atoms with Crippen LogP contribution in [0.3, 0.4) is 0 Å². The zero-order chi connectivity index (χ0) is 19.4. The van der Waals surface area contributed by atoms with E-state index in [1.807, 2.05) is 11.0 Å². The molecule has 1 aromatic heterocycles. The summed E-state index contributed by atoms with van der Waals surface area (Å²) < 4.78 is 1.80. The number of nitrogens with one attached hydrogen (secondary N) is 1.